The molecule has 0 unspecified atom stereocenters. The third kappa shape index (κ3) is 4.29. The molecule has 0 aliphatic heterocycles. The van der Waals surface area contributed by atoms with Crippen LogP contribution >= 0.6 is 0 Å². The SMILES string of the molecule is CCOC(=O)c1cc(C(=O)Nc2cccc(C(F)(F)F)c2)c(=O)[nH]c1C. The normalized spacial score (nSPS) is 11.1. The predicted molar refractivity (Wildman–Crippen MR) is 87.2 cm³/mol. The molecule has 1 aromatic heterocycles. The molecular formula is C17H15F3N2O4. The molecule has 26 heavy (non-hydrogen) atoms. The fraction of sp³-hybridized carbons (Fsp3) is 0.235. The molecule has 0 atom stereocenters. The van der Waals surface area contributed by atoms with Crippen LogP contribution in [0.2, 0.25) is 0 Å². The number of aryl methyl sites for hydroxylation is 1. The number of H-pyrrole nitrogens is 1. The van der Waals surface area contributed by atoms with Gasteiger partial charge in [0.2, 0.25) is 0 Å². The Balaban J connectivity index is 2.34. The summed E-state index contributed by atoms with van der Waals surface area (Å²) in [7, 11) is 0. The van der Waals surface area contributed by atoms with Crippen molar-refractivity contribution in [2.45, 2.75) is 20.0 Å². The van der Waals surface area contributed by atoms with Crippen molar-refractivity contribution in [1.82, 2.24) is 4.98 Å². The molecule has 138 valence electrons. The lowest BCUT2D eigenvalue weighted by Gasteiger charge is -2.11. The van der Waals surface area contributed by atoms with Gasteiger partial charge < -0.3 is 15.0 Å². The molecule has 0 aliphatic carbocycles. The molecule has 0 aliphatic rings. The highest BCUT2D eigenvalue weighted by molar-refractivity contribution is 6.05. The fourth-order valence-corrected chi connectivity index (χ4v) is 2.18. The third-order valence-electron chi connectivity index (χ3n) is 3.43. The smallest absolute Gasteiger partial charge is 0.416 e. The molecule has 1 heterocycles. The molecule has 2 rings (SSSR count). The minimum atomic E-state index is -4.57. The van der Waals surface area contributed by atoms with E-state index >= 15 is 0 Å². The summed E-state index contributed by atoms with van der Waals surface area (Å²) in [5.74, 6) is -1.68. The van der Waals surface area contributed by atoms with Crippen molar-refractivity contribution >= 4 is 17.6 Å². The molecule has 2 aromatic rings. The van der Waals surface area contributed by atoms with Crippen molar-refractivity contribution in [3.8, 4) is 0 Å². The van der Waals surface area contributed by atoms with Crippen molar-refractivity contribution in [3.63, 3.8) is 0 Å². The van der Waals surface area contributed by atoms with E-state index in [1.54, 1.807) is 6.92 Å². The highest BCUT2D eigenvalue weighted by atomic mass is 19.4. The first-order chi connectivity index (χ1) is 12.1. The number of pyridine rings is 1. The van der Waals surface area contributed by atoms with E-state index in [2.05, 4.69) is 10.3 Å². The average Bonchev–Trinajstić information content (AvgIpc) is 2.54. The Morgan fingerprint density at radius 1 is 1.19 bits per heavy atom. The van der Waals surface area contributed by atoms with Gasteiger partial charge >= 0.3 is 12.1 Å². The number of anilines is 1. The van der Waals surface area contributed by atoms with Crippen LogP contribution in [0.25, 0.3) is 0 Å². The highest BCUT2D eigenvalue weighted by Gasteiger charge is 2.30. The molecule has 0 saturated carbocycles. The molecule has 0 spiro atoms. The summed E-state index contributed by atoms with van der Waals surface area (Å²) in [4.78, 5) is 38.5. The zero-order valence-corrected chi connectivity index (χ0v) is 13.9. The first-order valence-electron chi connectivity index (χ1n) is 7.53. The number of esters is 1. The number of ether oxygens (including phenoxy) is 1. The number of hydrogen-bond donors (Lipinski definition) is 2. The Morgan fingerprint density at radius 2 is 1.88 bits per heavy atom. The van der Waals surface area contributed by atoms with Gasteiger partial charge in [-0.2, -0.15) is 13.2 Å². The third-order valence-corrected chi connectivity index (χ3v) is 3.43. The van der Waals surface area contributed by atoms with Crippen molar-refractivity contribution in [2.75, 3.05) is 11.9 Å². The second-order valence-corrected chi connectivity index (χ2v) is 5.30. The van der Waals surface area contributed by atoms with E-state index < -0.39 is 34.7 Å². The number of carbonyl (C=O) groups excluding carboxylic acids is 2. The van der Waals surface area contributed by atoms with E-state index in [1.165, 1.54) is 13.0 Å². The first-order valence-corrected chi connectivity index (χ1v) is 7.53. The number of nitrogens with one attached hydrogen (secondary N) is 2. The number of alkyl halides is 3. The Bertz CT molecular complexity index is 904. The van der Waals surface area contributed by atoms with Gasteiger partial charge in [0.15, 0.2) is 0 Å². The number of halogens is 3. The van der Waals surface area contributed by atoms with Gasteiger partial charge in [0, 0.05) is 11.4 Å². The highest BCUT2D eigenvalue weighted by Crippen LogP contribution is 2.30. The second kappa shape index (κ2) is 7.42. The molecule has 0 bridgehead atoms. The zero-order valence-electron chi connectivity index (χ0n) is 13.9. The summed E-state index contributed by atoms with van der Waals surface area (Å²) in [5, 5.41) is 2.22. The number of hydrogen-bond acceptors (Lipinski definition) is 4. The van der Waals surface area contributed by atoms with Gasteiger partial charge in [-0.05, 0) is 38.1 Å². The van der Waals surface area contributed by atoms with Crippen LogP contribution in [0.1, 0.15) is 38.9 Å². The molecular weight excluding hydrogens is 353 g/mol. The van der Waals surface area contributed by atoms with Gasteiger partial charge in [-0.3, -0.25) is 9.59 Å². The number of aromatic nitrogens is 1. The molecule has 0 fully saturated rings. The Kier molecular flexibility index (Phi) is 5.49. The lowest BCUT2D eigenvalue weighted by Crippen LogP contribution is -2.26. The van der Waals surface area contributed by atoms with Crippen LogP contribution in [0.5, 0.6) is 0 Å². The van der Waals surface area contributed by atoms with Crippen LogP contribution in [0, 0.1) is 6.92 Å². The topological polar surface area (TPSA) is 88.3 Å². The van der Waals surface area contributed by atoms with Crippen molar-refractivity contribution < 1.29 is 27.5 Å². The summed E-state index contributed by atoms with van der Waals surface area (Å²) in [6.45, 7) is 3.16. The Morgan fingerprint density at radius 3 is 2.50 bits per heavy atom. The monoisotopic (exact) mass is 368 g/mol. The number of aromatic amines is 1. The van der Waals surface area contributed by atoms with E-state index in [0.29, 0.717) is 0 Å². The molecule has 0 saturated heterocycles. The van der Waals surface area contributed by atoms with Gasteiger partial charge in [-0.1, -0.05) is 6.07 Å². The van der Waals surface area contributed by atoms with E-state index in [-0.39, 0.29) is 23.6 Å². The summed E-state index contributed by atoms with van der Waals surface area (Å²) >= 11 is 0. The summed E-state index contributed by atoms with van der Waals surface area (Å²) in [5.41, 5.74) is -2.08. The van der Waals surface area contributed by atoms with Gasteiger partial charge in [-0.15, -0.1) is 0 Å². The van der Waals surface area contributed by atoms with Gasteiger partial charge in [0.25, 0.3) is 11.5 Å². The number of rotatable bonds is 4. The maximum absolute atomic E-state index is 12.7. The predicted octanol–water partition coefficient (Wildman–Crippen LogP) is 3.13. The Hall–Kier alpha value is -3.10. The second-order valence-electron chi connectivity index (χ2n) is 5.30. The minimum Gasteiger partial charge on any atom is -0.462 e. The maximum Gasteiger partial charge on any atom is 0.416 e. The molecule has 9 heteroatoms. The van der Waals surface area contributed by atoms with Crippen LogP contribution < -0.4 is 10.9 Å². The first kappa shape index (κ1) is 19.2. The van der Waals surface area contributed by atoms with Gasteiger partial charge in [-0.25, -0.2) is 4.79 Å². The standard InChI is InChI=1S/C17H15F3N2O4/c1-3-26-16(25)12-8-13(14(23)21-9(12)2)15(24)22-11-6-4-5-10(7-11)17(18,19)20/h4-8H,3H2,1-2H3,(H,21,23)(H,22,24). The summed E-state index contributed by atoms with van der Waals surface area (Å²) in [6, 6.07) is 5.03. The molecule has 0 radical (unpaired) electrons. The minimum absolute atomic E-state index is 0.0133. The van der Waals surface area contributed by atoms with E-state index in [0.717, 1.165) is 24.3 Å². The molecule has 6 nitrogen and oxygen atoms in total. The lowest BCUT2D eigenvalue weighted by molar-refractivity contribution is -0.137. The molecule has 1 aromatic carbocycles. The lowest BCUT2D eigenvalue weighted by atomic mass is 10.1. The van der Waals surface area contributed by atoms with Crippen molar-refractivity contribution in [1.29, 1.82) is 0 Å². The van der Waals surface area contributed by atoms with E-state index in [4.69, 9.17) is 4.74 Å². The summed E-state index contributed by atoms with van der Waals surface area (Å²) in [6.07, 6.45) is -4.57. The van der Waals surface area contributed by atoms with Crippen LogP contribution in [0.4, 0.5) is 18.9 Å². The number of amides is 1. The van der Waals surface area contributed by atoms with Crippen LogP contribution in [-0.2, 0) is 10.9 Å². The number of carbonyl (C=O) groups is 2. The van der Waals surface area contributed by atoms with E-state index in [1.807, 2.05) is 0 Å². The summed E-state index contributed by atoms with van der Waals surface area (Å²) < 4.78 is 43.0. The van der Waals surface area contributed by atoms with Gasteiger partial charge in [0.1, 0.15) is 5.56 Å². The van der Waals surface area contributed by atoms with Gasteiger partial charge in [0.05, 0.1) is 17.7 Å². The van der Waals surface area contributed by atoms with E-state index in [9.17, 15) is 27.6 Å². The number of benzene rings is 1. The quantitative estimate of drug-likeness (QED) is 0.812. The molecule has 2 N–H and O–H groups in total. The Labute approximate surface area is 146 Å². The van der Waals surface area contributed by atoms with Crippen molar-refractivity contribution in [3.05, 3.63) is 63.1 Å². The van der Waals surface area contributed by atoms with Crippen LogP contribution in [0.15, 0.2) is 35.1 Å². The zero-order chi connectivity index (χ0) is 19.5. The van der Waals surface area contributed by atoms with Crippen LogP contribution in [0.3, 0.4) is 0 Å². The molecule has 1 amide bonds. The average molecular weight is 368 g/mol. The fourth-order valence-electron chi connectivity index (χ4n) is 2.18. The van der Waals surface area contributed by atoms with Crippen LogP contribution in [-0.4, -0.2) is 23.5 Å². The maximum atomic E-state index is 12.7. The van der Waals surface area contributed by atoms with Crippen molar-refractivity contribution in [2.24, 2.45) is 0 Å². The largest absolute Gasteiger partial charge is 0.462 e.